The zero-order valence-corrected chi connectivity index (χ0v) is 7.02. The quantitative estimate of drug-likeness (QED) is 0.594. The molecule has 0 spiro atoms. The Morgan fingerprint density at radius 3 is 2.36 bits per heavy atom. The van der Waals surface area contributed by atoms with Crippen molar-refractivity contribution in [3.63, 3.8) is 0 Å². The van der Waals surface area contributed by atoms with Crippen LogP contribution in [-0.4, -0.2) is 0 Å². The minimum atomic E-state index is 0.590. The van der Waals surface area contributed by atoms with E-state index in [0.717, 1.165) is 11.3 Å². The Kier molecular flexibility index (Phi) is 2.15. The van der Waals surface area contributed by atoms with Crippen molar-refractivity contribution >= 4 is 5.69 Å². The Bertz CT molecular complexity index is 267. The molecule has 4 N–H and O–H groups in total. The van der Waals surface area contributed by atoms with Crippen molar-refractivity contribution in [2.75, 3.05) is 5.73 Å². The largest absolute Gasteiger partial charge is 0.399 e. The maximum Gasteiger partial charge on any atom is 0.0346 e. The van der Waals surface area contributed by atoms with Gasteiger partial charge in [-0.3, -0.25) is 0 Å². The summed E-state index contributed by atoms with van der Waals surface area (Å²) in [4.78, 5) is 0. The summed E-state index contributed by atoms with van der Waals surface area (Å²) in [5.41, 5.74) is 15.6. The van der Waals surface area contributed by atoms with Crippen molar-refractivity contribution in [3.05, 3.63) is 28.8 Å². The number of nitrogens with two attached hydrogens (primary N) is 2. The summed E-state index contributed by atoms with van der Waals surface area (Å²) in [6.07, 6.45) is 0. The molecule has 0 aliphatic rings. The Hall–Kier alpha value is -1.02. The van der Waals surface area contributed by atoms with Gasteiger partial charge in [-0.05, 0) is 36.6 Å². The number of nitrogen functional groups attached to an aromatic ring is 1. The fraction of sp³-hybridized carbons (Fsp3) is 0.333. The fourth-order valence-electron chi connectivity index (χ4n) is 1.12. The molecule has 0 fully saturated rings. The summed E-state index contributed by atoms with van der Waals surface area (Å²) in [7, 11) is 0. The third-order valence-corrected chi connectivity index (χ3v) is 2.16. The lowest BCUT2D eigenvalue weighted by Crippen LogP contribution is -2.02. The molecule has 0 heterocycles. The lowest BCUT2D eigenvalue weighted by molar-refractivity contribution is 1.04. The van der Waals surface area contributed by atoms with Crippen LogP contribution in [-0.2, 0) is 6.54 Å². The van der Waals surface area contributed by atoms with Gasteiger partial charge in [-0.1, -0.05) is 6.07 Å². The minimum Gasteiger partial charge on any atom is -0.399 e. The summed E-state index contributed by atoms with van der Waals surface area (Å²) in [6.45, 7) is 4.66. The average Bonchev–Trinajstić information content (AvgIpc) is 2.01. The van der Waals surface area contributed by atoms with Gasteiger partial charge in [-0.2, -0.15) is 0 Å². The highest BCUT2D eigenvalue weighted by Gasteiger charge is 2.01. The first kappa shape index (κ1) is 8.08. The normalized spacial score (nSPS) is 10.1. The van der Waals surface area contributed by atoms with Crippen LogP contribution in [0.3, 0.4) is 0 Å². The van der Waals surface area contributed by atoms with Gasteiger partial charge < -0.3 is 11.5 Å². The standard InChI is InChI=1S/C9H14N2/c1-6-7(2)9(11)4-3-8(6)5-10/h3-4H,5,10-11H2,1-2H3. The van der Waals surface area contributed by atoms with Gasteiger partial charge in [-0.25, -0.2) is 0 Å². The lowest BCUT2D eigenvalue weighted by atomic mass is 10.0. The molecule has 0 radical (unpaired) electrons. The van der Waals surface area contributed by atoms with E-state index in [1.807, 2.05) is 26.0 Å². The van der Waals surface area contributed by atoms with E-state index in [1.165, 1.54) is 11.1 Å². The summed E-state index contributed by atoms with van der Waals surface area (Å²) in [5.74, 6) is 0. The molecule has 60 valence electrons. The van der Waals surface area contributed by atoms with Crippen LogP contribution >= 0.6 is 0 Å². The van der Waals surface area contributed by atoms with Gasteiger partial charge in [-0.15, -0.1) is 0 Å². The summed E-state index contributed by atoms with van der Waals surface area (Å²) < 4.78 is 0. The third-order valence-electron chi connectivity index (χ3n) is 2.16. The molecule has 1 rings (SSSR count). The van der Waals surface area contributed by atoms with Crippen molar-refractivity contribution in [2.24, 2.45) is 5.73 Å². The highest BCUT2D eigenvalue weighted by atomic mass is 14.6. The molecule has 11 heavy (non-hydrogen) atoms. The van der Waals surface area contributed by atoms with Gasteiger partial charge in [0.25, 0.3) is 0 Å². The smallest absolute Gasteiger partial charge is 0.0346 e. The zero-order chi connectivity index (χ0) is 8.43. The molecule has 1 aromatic rings. The van der Waals surface area contributed by atoms with Gasteiger partial charge in [0, 0.05) is 12.2 Å². The molecule has 1 aromatic carbocycles. The Morgan fingerprint density at radius 1 is 1.18 bits per heavy atom. The van der Waals surface area contributed by atoms with Crippen molar-refractivity contribution in [3.8, 4) is 0 Å². The summed E-state index contributed by atoms with van der Waals surface area (Å²) in [6, 6.07) is 3.89. The maximum atomic E-state index is 5.70. The van der Waals surface area contributed by atoms with E-state index in [0.29, 0.717) is 6.54 Å². The second kappa shape index (κ2) is 2.93. The van der Waals surface area contributed by atoms with Gasteiger partial charge in [0.05, 0.1) is 0 Å². The number of hydrogen-bond acceptors (Lipinski definition) is 2. The van der Waals surface area contributed by atoms with Crippen molar-refractivity contribution in [2.45, 2.75) is 20.4 Å². The van der Waals surface area contributed by atoms with Crippen LogP contribution in [0, 0.1) is 13.8 Å². The fourth-order valence-corrected chi connectivity index (χ4v) is 1.12. The number of anilines is 1. The van der Waals surface area contributed by atoms with E-state index in [1.54, 1.807) is 0 Å². The molecule has 0 saturated heterocycles. The molecular weight excluding hydrogens is 136 g/mol. The molecule has 0 aliphatic carbocycles. The maximum absolute atomic E-state index is 5.70. The highest BCUT2D eigenvalue weighted by molar-refractivity contribution is 5.52. The van der Waals surface area contributed by atoms with Crippen molar-refractivity contribution in [1.29, 1.82) is 0 Å². The number of benzene rings is 1. The molecule has 0 saturated carbocycles. The molecule has 0 atom stereocenters. The monoisotopic (exact) mass is 150 g/mol. The van der Waals surface area contributed by atoms with Crippen molar-refractivity contribution < 1.29 is 0 Å². The Morgan fingerprint density at radius 2 is 1.82 bits per heavy atom. The van der Waals surface area contributed by atoms with Crippen molar-refractivity contribution in [1.82, 2.24) is 0 Å². The van der Waals surface area contributed by atoms with E-state index in [-0.39, 0.29) is 0 Å². The first-order valence-electron chi connectivity index (χ1n) is 3.71. The predicted molar refractivity (Wildman–Crippen MR) is 48.2 cm³/mol. The predicted octanol–water partition coefficient (Wildman–Crippen LogP) is 1.34. The second-order valence-electron chi connectivity index (χ2n) is 2.77. The topological polar surface area (TPSA) is 52.0 Å². The first-order chi connectivity index (χ1) is 5.16. The molecular formula is C9H14N2. The van der Waals surface area contributed by atoms with E-state index in [2.05, 4.69) is 0 Å². The van der Waals surface area contributed by atoms with E-state index in [4.69, 9.17) is 11.5 Å². The molecule has 0 amide bonds. The molecule has 0 bridgehead atoms. The number of rotatable bonds is 1. The van der Waals surface area contributed by atoms with Gasteiger partial charge in [0.1, 0.15) is 0 Å². The molecule has 2 nitrogen and oxygen atoms in total. The van der Waals surface area contributed by atoms with Crippen LogP contribution < -0.4 is 11.5 Å². The molecule has 0 unspecified atom stereocenters. The van der Waals surface area contributed by atoms with Crippen LogP contribution in [0.15, 0.2) is 12.1 Å². The number of hydrogen-bond donors (Lipinski definition) is 2. The second-order valence-corrected chi connectivity index (χ2v) is 2.77. The van der Waals surface area contributed by atoms with Gasteiger partial charge in [0.15, 0.2) is 0 Å². The van der Waals surface area contributed by atoms with E-state index >= 15 is 0 Å². The summed E-state index contributed by atoms with van der Waals surface area (Å²) >= 11 is 0. The molecule has 2 heteroatoms. The minimum absolute atomic E-state index is 0.590. The average molecular weight is 150 g/mol. The van der Waals surface area contributed by atoms with E-state index < -0.39 is 0 Å². The van der Waals surface area contributed by atoms with Crippen LogP contribution in [0.5, 0.6) is 0 Å². The SMILES string of the molecule is Cc1c(N)ccc(CN)c1C. The Labute approximate surface area is 67.2 Å². The van der Waals surface area contributed by atoms with Crippen LogP contribution in [0.4, 0.5) is 5.69 Å². The molecule has 0 aliphatic heterocycles. The van der Waals surface area contributed by atoms with Gasteiger partial charge >= 0.3 is 0 Å². The van der Waals surface area contributed by atoms with E-state index in [9.17, 15) is 0 Å². The summed E-state index contributed by atoms with van der Waals surface area (Å²) in [5, 5.41) is 0. The van der Waals surface area contributed by atoms with Crippen LogP contribution in [0.25, 0.3) is 0 Å². The first-order valence-corrected chi connectivity index (χ1v) is 3.71. The van der Waals surface area contributed by atoms with Crippen LogP contribution in [0.1, 0.15) is 16.7 Å². The lowest BCUT2D eigenvalue weighted by Gasteiger charge is -2.08. The van der Waals surface area contributed by atoms with Gasteiger partial charge in [0.2, 0.25) is 0 Å². The Balaban J connectivity index is 3.25. The zero-order valence-electron chi connectivity index (χ0n) is 7.02. The van der Waals surface area contributed by atoms with Crippen LogP contribution in [0.2, 0.25) is 0 Å². The highest BCUT2D eigenvalue weighted by Crippen LogP contribution is 2.18. The molecule has 0 aromatic heterocycles. The third kappa shape index (κ3) is 1.35.